The molecular weight excluding hydrogens is 398 g/mol. The van der Waals surface area contributed by atoms with Gasteiger partial charge >= 0.3 is 0 Å². The minimum atomic E-state index is -3.42. The summed E-state index contributed by atoms with van der Waals surface area (Å²) in [5, 5.41) is 30.3. The number of aliphatic hydroxyl groups is 2. The topological polar surface area (TPSA) is 64.2 Å². The second kappa shape index (κ2) is 6.79. The van der Waals surface area contributed by atoms with Gasteiger partial charge in [0.2, 0.25) is 0 Å². The highest BCUT2D eigenvalue weighted by Crippen LogP contribution is 2.52. The Kier molecular flexibility index (Phi) is 4.72. The molecule has 0 unspecified atom stereocenters. The number of alkyl halides is 3. The predicted octanol–water partition coefficient (Wildman–Crippen LogP) is 5.09. The van der Waals surface area contributed by atoms with Crippen molar-refractivity contribution in [3.63, 3.8) is 0 Å². The van der Waals surface area contributed by atoms with Crippen molar-refractivity contribution in [2.75, 3.05) is 0 Å². The van der Waals surface area contributed by atoms with E-state index in [4.69, 9.17) is 0 Å². The third-order valence-corrected chi connectivity index (χ3v) is 6.21. The summed E-state index contributed by atoms with van der Waals surface area (Å²) in [7, 11) is 0. The minimum Gasteiger partial charge on any atom is -0.386 e. The van der Waals surface area contributed by atoms with E-state index in [0.29, 0.717) is 11.1 Å². The average molecular weight is 419 g/mol. The minimum absolute atomic E-state index is 0.0189. The highest BCUT2D eigenvalue weighted by molar-refractivity contribution is 5.57. The lowest BCUT2D eigenvalue weighted by Crippen LogP contribution is -2.24. The Morgan fingerprint density at radius 2 is 1.83 bits per heavy atom. The largest absolute Gasteiger partial charge is 0.386 e. The first-order valence-electron chi connectivity index (χ1n) is 9.77. The highest BCUT2D eigenvalue weighted by Gasteiger charge is 2.50. The third-order valence-electron chi connectivity index (χ3n) is 6.21. The van der Waals surface area contributed by atoms with Crippen molar-refractivity contribution in [3.05, 3.63) is 69.0 Å². The monoisotopic (exact) mass is 419 g/mol. The molecule has 0 saturated heterocycles. The highest BCUT2D eigenvalue weighted by atomic mass is 19.3. The standard InChI is InChI=1S/C23H21F4NO2/c1-22(2,30)17-5-3-13(16-9-23(26,27)21(29)20(16)17)14-4-6-18(25)15-8-12(24)7-11(10-28)19(14)15/h3,5,7-8,14,18,21,29-30H,4,6,9H2,1-2H3/t14-,18+,21+/m1/s1. The molecule has 2 aliphatic rings. The Balaban J connectivity index is 1.97. The molecule has 158 valence electrons. The van der Waals surface area contributed by atoms with E-state index >= 15 is 0 Å². The van der Waals surface area contributed by atoms with Crippen molar-refractivity contribution in [3.8, 4) is 6.07 Å². The molecule has 0 saturated carbocycles. The first-order valence-corrected chi connectivity index (χ1v) is 9.77. The van der Waals surface area contributed by atoms with Gasteiger partial charge in [-0.15, -0.1) is 0 Å². The van der Waals surface area contributed by atoms with Crippen molar-refractivity contribution in [2.24, 2.45) is 0 Å². The number of benzene rings is 2. The Bertz CT molecular complexity index is 1070. The number of nitriles is 1. The molecule has 0 spiro atoms. The lowest BCUT2D eigenvalue weighted by molar-refractivity contribution is -0.0979. The summed E-state index contributed by atoms with van der Waals surface area (Å²) in [6.45, 7) is 2.90. The summed E-state index contributed by atoms with van der Waals surface area (Å²) in [4.78, 5) is 0. The molecular formula is C23H21F4NO2. The van der Waals surface area contributed by atoms with Gasteiger partial charge in [-0.3, -0.25) is 0 Å². The fourth-order valence-electron chi connectivity index (χ4n) is 4.90. The second-order valence-corrected chi connectivity index (χ2v) is 8.66. The van der Waals surface area contributed by atoms with Gasteiger partial charge in [0.1, 0.15) is 18.1 Å². The molecule has 0 fully saturated rings. The van der Waals surface area contributed by atoms with Gasteiger partial charge in [-0.05, 0) is 72.2 Å². The molecule has 0 radical (unpaired) electrons. The summed E-state index contributed by atoms with van der Waals surface area (Å²) in [6, 6.07) is 7.07. The lowest BCUT2D eigenvalue weighted by Gasteiger charge is -2.32. The van der Waals surface area contributed by atoms with E-state index in [1.807, 2.05) is 6.07 Å². The van der Waals surface area contributed by atoms with Crippen LogP contribution in [-0.2, 0) is 12.0 Å². The Morgan fingerprint density at radius 3 is 2.47 bits per heavy atom. The van der Waals surface area contributed by atoms with Crippen LogP contribution >= 0.6 is 0 Å². The number of hydrogen-bond acceptors (Lipinski definition) is 3. The number of fused-ring (bicyclic) bond motifs is 2. The predicted molar refractivity (Wildman–Crippen MR) is 101 cm³/mol. The van der Waals surface area contributed by atoms with Crippen LogP contribution < -0.4 is 0 Å². The van der Waals surface area contributed by atoms with Crippen molar-refractivity contribution in [1.29, 1.82) is 5.26 Å². The molecule has 3 nitrogen and oxygen atoms in total. The number of nitrogens with zero attached hydrogens (tertiary/aromatic N) is 1. The van der Waals surface area contributed by atoms with E-state index in [1.54, 1.807) is 6.07 Å². The van der Waals surface area contributed by atoms with Crippen LogP contribution in [0.5, 0.6) is 0 Å². The van der Waals surface area contributed by atoms with Gasteiger partial charge in [-0.25, -0.2) is 17.6 Å². The first-order chi connectivity index (χ1) is 14.0. The maximum atomic E-state index is 14.6. The molecule has 0 heterocycles. The number of halogens is 4. The summed E-state index contributed by atoms with van der Waals surface area (Å²) < 4.78 is 57.5. The molecule has 0 amide bonds. The Hall–Kier alpha value is -2.43. The van der Waals surface area contributed by atoms with E-state index in [9.17, 15) is 33.0 Å². The molecule has 2 aromatic carbocycles. The molecule has 4 rings (SSSR count). The molecule has 2 aromatic rings. The first kappa shape index (κ1) is 20.8. The van der Waals surface area contributed by atoms with Gasteiger partial charge in [0.15, 0.2) is 0 Å². The normalized spacial score (nSPS) is 24.8. The molecule has 7 heteroatoms. The van der Waals surface area contributed by atoms with Crippen molar-refractivity contribution in [1.82, 2.24) is 0 Å². The van der Waals surface area contributed by atoms with Crippen molar-refractivity contribution in [2.45, 2.75) is 62.8 Å². The van der Waals surface area contributed by atoms with Crippen LogP contribution in [0.3, 0.4) is 0 Å². The van der Waals surface area contributed by atoms with Crippen LogP contribution in [0.1, 0.15) is 83.8 Å². The van der Waals surface area contributed by atoms with E-state index < -0.39 is 42.0 Å². The number of aliphatic hydroxyl groups excluding tert-OH is 1. The summed E-state index contributed by atoms with van der Waals surface area (Å²) >= 11 is 0. The summed E-state index contributed by atoms with van der Waals surface area (Å²) in [5.74, 6) is -4.73. The van der Waals surface area contributed by atoms with Crippen molar-refractivity contribution >= 4 is 0 Å². The van der Waals surface area contributed by atoms with Crippen molar-refractivity contribution < 1.29 is 27.8 Å². The van der Waals surface area contributed by atoms with Gasteiger partial charge in [0.05, 0.1) is 17.2 Å². The van der Waals surface area contributed by atoms with Gasteiger partial charge in [-0.2, -0.15) is 5.26 Å². The average Bonchev–Trinajstić information content (AvgIpc) is 2.90. The van der Waals surface area contributed by atoms with E-state index in [1.165, 1.54) is 19.9 Å². The number of rotatable bonds is 2. The zero-order chi connectivity index (χ0) is 22.0. The zero-order valence-electron chi connectivity index (χ0n) is 16.5. The van der Waals surface area contributed by atoms with E-state index in [0.717, 1.165) is 12.1 Å². The second-order valence-electron chi connectivity index (χ2n) is 8.66. The summed E-state index contributed by atoms with van der Waals surface area (Å²) in [6.07, 6.45) is -3.93. The van der Waals surface area contributed by atoms with Gasteiger partial charge in [-0.1, -0.05) is 12.1 Å². The van der Waals surface area contributed by atoms with E-state index in [2.05, 4.69) is 0 Å². The molecule has 3 atom stereocenters. The maximum Gasteiger partial charge on any atom is 0.281 e. The van der Waals surface area contributed by atoms with Crippen LogP contribution in [0.25, 0.3) is 0 Å². The zero-order valence-corrected chi connectivity index (χ0v) is 16.5. The van der Waals surface area contributed by atoms with Gasteiger partial charge < -0.3 is 10.2 Å². The van der Waals surface area contributed by atoms with Crippen LogP contribution in [0, 0.1) is 17.1 Å². The quantitative estimate of drug-likeness (QED) is 0.667. The van der Waals surface area contributed by atoms with Crippen LogP contribution in [0.15, 0.2) is 24.3 Å². The molecule has 0 aromatic heterocycles. The molecule has 0 aliphatic heterocycles. The smallest absolute Gasteiger partial charge is 0.281 e. The van der Waals surface area contributed by atoms with Gasteiger partial charge in [0, 0.05) is 12.3 Å². The summed E-state index contributed by atoms with van der Waals surface area (Å²) in [5.41, 5.74) is -0.282. The fourth-order valence-corrected chi connectivity index (χ4v) is 4.90. The van der Waals surface area contributed by atoms with E-state index in [-0.39, 0.29) is 40.7 Å². The molecule has 30 heavy (non-hydrogen) atoms. The van der Waals surface area contributed by atoms with Crippen LogP contribution in [0.2, 0.25) is 0 Å². The number of hydrogen-bond donors (Lipinski definition) is 2. The lowest BCUT2D eigenvalue weighted by atomic mass is 9.73. The molecule has 2 aliphatic carbocycles. The van der Waals surface area contributed by atoms with Crippen LogP contribution in [-0.4, -0.2) is 16.1 Å². The SMILES string of the molecule is CC(C)(O)c1ccc([C@H]2CC[C@H](F)c3cc(F)cc(C#N)c32)c2c1[C@H](O)C(F)(F)C2. The molecule has 2 N–H and O–H groups in total. The van der Waals surface area contributed by atoms with Crippen LogP contribution in [0.4, 0.5) is 17.6 Å². The third kappa shape index (κ3) is 3.10. The Morgan fingerprint density at radius 1 is 1.13 bits per heavy atom. The fraction of sp³-hybridized carbons (Fsp3) is 0.435. The Labute approximate surface area is 171 Å². The maximum absolute atomic E-state index is 14.6. The molecule has 0 bridgehead atoms. The van der Waals surface area contributed by atoms with Gasteiger partial charge in [0.25, 0.3) is 5.92 Å².